The number of halogens is 3. The third-order valence-corrected chi connectivity index (χ3v) is 3.22. The summed E-state index contributed by atoms with van der Waals surface area (Å²) < 4.78 is 34.5. The summed E-state index contributed by atoms with van der Waals surface area (Å²) in [5, 5.41) is 0.532. The zero-order chi connectivity index (χ0) is 14.2. The molecule has 0 aliphatic heterocycles. The van der Waals surface area contributed by atoms with Gasteiger partial charge in [0.2, 0.25) is 0 Å². The quantitative estimate of drug-likeness (QED) is 0.864. The Morgan fingerprint density at radius 2 is 1.90 bits per heavy atom. The van der Waals surface area contributed by atoms with Crippen LogP contribution in [0.4, 0.5) is 8.78 Å². The van der Waals surface area contributed by atoms with Gasteiger partial charge in [0, 0.05) is 25.9 Å². The molecule has 0 bridgehead atoms. The van der Waals surface area contributed by atoms with E-state index in [4.69, 9.17) is 4.74 Å². The molecule has 0 aliphatic rings. The summed E-state index contributed by atoms with van der Waals surface area (Å²) in [5.74, 6) is -1.11. The van der Waals surface area contributed by atoms with Crippen LogP contribution in [0.15, 0.2) is 12.3 Å². The van der Waals surface area contributed by atoms with Crippen molar-refractivity contribution in [3.63, 3.8) is 0 Å². The molecule has 1 aromatic heterocycles. The summed E-state index contributed by atoms with van der Waals surface area (Å²) in [5.41, 5.74) is 1.27. The molecule has 0 aliphatic carbocycles. The smallest absolute Gasteiger partial charge is 0.168 e. The number of hydrogen-bond acceptors (Lipinski definition) is 2. The first-order valence-electron chi connectivity index (χ1n) is 6.10. The highest BCUT2D eigenvalue weighted by molar-refractivity contribution is 5.90. The van der Waals surface area contributed by atoms with Crippen molar-refractivity contribution in [2.24, 2.45) is 7.05 Å². The maximum atomic E-state index is 13.9. The fourth-order valence-electron chi connectivity index (χ4n) is 2.33. The van der Waals surface area contributed by atoms with Crippen LogP contribution in [0.25, 0.3) is 10.9 Å². The molecule has 20 heavy (non-hydrogen) atoms. The first kappa shape index (κ1) is 16.7. The lowest BCUT2D eigenvalue weighted by atomic mass is 10.1. The van der Waals surface area contributed by atoms with Crippen LogP contribution in [0.5, 0.6) is 5.75 Å². The fourth-order valence-corrected chi connectivity index (χ4v) is 2.33. The van der Waals surface area contributed by atoms with E-state index in [0.29, 0.717) is 17.3 Å². The maximum Gasteiger partial charge on any atom is 0.168 e. The second-order valence-corrected chi connectivity index (χ2v) is 4.92. The molecule has 0 spiro atoms. The molecule has 0 atom stereocenters. The van der Waals surface area contributed by atoms with Crippen molar-refractivity contribution >= 4 is 23.3 Å². The molecule has 2 rings (SSSR count). The number of rotatable bonds is 4. The number of hydrogen-bond donors (Lipinski definition) is 0. The molecule has 0 fully saturated rings. The molecule has 1 aromatic carbocycles. The van der Waals surface area contributed by atoms with Gasteiger partial charge in [0.05, 0.1) is 18.0 Å². The topological polar surface area (TPSA) is 17.4 Å². The van der Waals surface area contributed by atoms with E-state index in [1.807, 2.05) is 25.2 Å². The average molecular weight is 305 g/mol. The zero-order valence-electron chi connectivity index (χ0n) is 12.0. The van der Waals surface area contributed by atoms with E-state index in [9.17, 15) is 8.78 Å². The van der Waals surface area contributed by atoms with E-state index in [1.165, 1.54) is 7.11 Å². The van der Waals surface area contributed by atoms with Gasteiger partial charge in [0.1, 0.15) is 0 Å². The highest BCUT2D eigenvalue weighted by atomic mass is 35.5. The number of methoxy groups -OCH3 is 1. The normalized spacial score (nSPS) is 10.9. The minimum absolute atomic E-state index is 0. The lowest BCUT2D eigenvalue weighted by Crippen LogP contribution is -2.15. The van der Waals surface area contributed by atoms with Crippen LogP contribution in [0.2, 0.25) is 0 Å². The third-order valence-electron chi connectivity index (χ3n) is 3.22. The van der Waals surface area contributed by atoms with Gasteiger partial charge in [-0.15, -0.1) is 12.4 Å². The van der Waals surface area contributed by atoms with E-state index in [2.05, 4.69) is 0 Å². The van der Waals surface area contributed by atoms with Crippen molar-refractivity contribution < 1.29 is 13.5 Å². The Balaban J connectivity index is 0.00000200. The number of fused-ring (bicyclic) bond motifs is 1. The SMILES string of the molecule is COc1c(F)cc(F)c2c1c(CCN(C)C)cn2C.Cl. The van der Waals surface area contributed by atoms with Gasteiger partial charge in [-0.3, -0.25) is 0 Å². The van der Waals surface area contributed by atoms with Gasteiger partial charge >= 0.3 is 0 Å². The van der Waals surface area contributed by atoms with Crippen LogP contribution >= 0.6 is 12.4 Å². The third kappa shape index (κ3) is 2.88. The molecule has 6 heteroatoms. The molecule has 2 aromatic rings. The van der Waals surface area contributed by atoms with E-state index < -0.39 is 11.6 Å². The van der Waals surface area contributed by atoms with Crippen molar-refractivity contribution in [1.29, 1.82) is 0 Å². The molecule has 1 heterocycles. The maximum absolute atomic E-state index is 13.9. The number of benzene rings is 1. The number of aromatic nitrogens is 1. The standard InChI is InChI=1S/C14H18F2N2O.ClH/c1-17(2)6-5-9-8-18(3)13-10(15)7-11(16)14(19-4)12(9)13;/h7-8H,5-6H2,1-4H3;1H. The lowest BCUT2D eigenvalue weighted by Gasteiger charge is -2.10. The van der Waals surface area contributed by atoms with Crippen molar-refractivity contribution in [1.82, 2.24) is 9.47 Å². The van der Waals surface area contributed by atoms with Crippen LogP contribution in [-0.4, -0.2) is 37.2 Å². The van der Waals surface area contributed by atoms with E-state index in [-0.39, 0.29) is 18.2 Å². The average Bonchev–Trinajstić information content (AvgIpc) is 2.65. The van der Waals surface area contributed by atoms with Crippen LogP contribution in [0.1, 0.15) is 5.56 Å². The predicted octanol–water partition coefficient (Wildman–Crippen LogP) is 2.99. The number of ether oxygens (including phenoxy) is 1. The second-order valence-electron chi connectivity index (χ2n) is 4.92. The monoisotopic (exact) mass is 304 g/mol. The van der Waals surface area contributed by atoms with E-state index in [1.54, 1.807) is 11.6 Å². The zero-order valence-corrected chi connectivity index (χ0v) is 12.9. The van der Waals surface area contributed by atoms with Crippen molar-refractivity contribution in [2.75, 3.05) is 27.7 Å². The molecular formula is C14H19ClF2N2O. The van der Waals surface area contributed by atoms with E-state index >= 15 is 0 Å². The molecule has 3 nitrogen and oxygen atoms in total. The summed E-state index contributed by atoms with van der Waals surface area (Å²) >= 11 is 0. The summed E-state index contributed by atoms with van der Waals surface area (Å²) in [4.78, 5) is 2.03. The Morgan fingerprint density at radius 1 is 1.25 bits per heavy atom. The van der Waals surface area contributed by atoms with Crippen molar-refractivity contribution in [3.05, 3.63) is 29.5 Å². The van der Waals surface area contributed by atoms with Gasteiger partial charge in [-0.05, 0) is 26.1 Å². The first-order valence-corrected chi connectivity index (χ1v) is 6.10. The van der Waals surface area contributed by atoms with Crippen molar-refractivity contribution in [2.45, 2.75) is 6.42 Å². The minimum Gasteiger partial charge on any atom is -0.493 e. The van der Waals surface area contributed by atoms with Gasteiger partial charge in [-0.25, -0.2) is 8.78 Å². The Hall–Kier alpha value is -1.33. The van der Waals surface area contributed by atoms with Gasteiger partial charge in [0.25, 0.3) is 0 Å². The Morgan fingerprint density at radius 3 is 2.45 bits per heavy atom. The molecule has 0 amide bonds. The molecular weight excluding hydrogens is 286 g/mol. The lowest BCUT2D eigenvalue weighted by molar-refractivity contribution is 0.389. The fraction of sp³-hybridized carbons (Fsp3) is 0.429. The summed E-state index contributed by atoms with van der Waals surface area (Å²) in [6.07, 6.45) is 2.54. The van der Waals surface area contributed by atoms with Gasteiger partial charge in [0.15, 0.2) is 17.4 Å². The summed E-state index contributed by atoms with van der Waals surface area (Å²) in [6, 6.07) is 0.872. The summed E-state index contributed by atoms with van der Waals surface area (Å²) in [6.45, 7) is 0.806. The minimum atomic E-state index is -0.662. The van der Waals surface area contributed by atoms with Gasteiger partial charge in [-0.2, -0.15) is 0 Å². The number of likely N-dealkylation sites (N-methyl/N-ethyl adjacent to an activating group) is 1. The van der Waals surface area contributed by atoms with Crippen LogP contribution < -0.4 is 4.74 Å². The van der Waals surface area contributed by atoms with Crippen LogP contribution in [-0.2, 0) is 13.5 Å². The van der Waals surface area contributed by atoms with Crippen LogP contribution in [0, 0.1) is 11.6 Å². The largest absolute Gasteiger partial charge is 0.493 e. The number of aryl methyl sites for hydroxylation is 1. The first-order chi connectivity index (χ1) is 8.95. The second kappa shape index (κ2) is 6.41. The highest BCUT2D eigenvalue weighted by Gasteiger charge is 2.19. The summed E-state index contributed by atoms with van der Waals surface area (Å²) in [7, 11) is 7.08. The Kier molecular flexibility index (Phi) is 5.36. The molecule has 0 N–H and O–H groups in total. The Bertz CT molecular complexity index is 611. The molecule has 0 saturated heterocycles. The molecule has 0 radical (unpaired) electrons. The predicted molar refractivity (Wildman–Crippen MR) is 78.9 cm³/mol. The molecule has 0 saturated carbocycles. The van der Waals surface area contributed by atoms with Gasteiger partial charge in [-0.1, -0.05) is 0 Å². The number of nitrogens with zero attached hydrogens (tertiary/aromatic N) is 2. The van der Waals surface area contributed by atoms with Crippen LogP contribution in [0.3, 0.4) is 0 Å². The highest BCUT2D eigenvalue weighted by Crippen LogP contribution is 2.34. The Labute approximate surface area is 123 Å². The van der Waals surface area contributed by atoms with Gasteiger partial charge < -0.3 is 14.2 Å². The molecule has 112 valence electrons. The molecule has 0 unspecified atom stereocenters. The van der Waals surface area contributed by atoms with E-state index in [0.717, 1.165) is 18.2 Å². The van der Waals surface area contributed by atoms with Crippen molar-refractivity contribution in [3.8, 4) is 5.75 Å².